The molecule has 0 saturated carbocycles. The van der Waals surface area contributed by atoms with E-state index < -0.39 is 15.3 Å². The normalized spacial score (nSPS) is 15.3. The minimum atomic E-state index is -3.32. The SMILES string of the molecule is CCN(C(C)C)S(=O)(=O)C(C)CO. The fourth-order valence-corrected chi connectivity index (χ4v) is 2.76. The summed E-state index contributed by atoms with van der Waals surface area (Å²) in [6, 6.07) is -0.0519. The van der Waals surface area contributed by atoms with E-state index in [1.807, 2.05) is 13.8 Å². The van der Waals surface area contributed by atoms with Crippen LogP contribution in [-0.2, 0) is 10.0 Å². The third-order valence-corrected chi connectivity index (χ3v) is 4.48. The van der Waals surface area contributed by atoms with Crippen molar-refractivity contribution < 1.29 is 13.5 Å². The summed E-state index contributed by atoms with van der Waals surface area (Å²) in [6.07, 6.45) is 0. The first-order chi connectivity index (χ1) is 5.87. The highest BCUT2D eigenvalue weighted by Gasteiger charge is 2.28. The Bertz CT molecular complexity index is 236. The lowest BCUT2D eigenvalue weighted by Crippen LogP contribution is -2.42. The average Bonchev–Trinajstić information content (AvgIpc) is 2.02. The van der Waals surface area contributed by atoms with Crippen LogP contribution in [-0.4, -0.2) is 42.3 Å². The molecule has 0 fully saturated rings. The van der Waals surface area contributed by atoms with E-state index in [9.17, 15) is 8.42 Å². The molecule has 1 atom stereocenters. The van der Waals surface area contributed by atoms with E-state index in [4.69, 9.17) is 5.11 Å². The van der Waals surface area contributed by atoms with E-state index >= 15 is 0 Å². The van der Waals surface area contributed by atoms with Gasteiger partial charge in [0.1, 0.15) is 0 Å². The maximum absolute atomic E-state index is 11.7. The summed E-state index contributed by atoms with van der Waals surface area (Å²) < 4.78 is 24.8. The molecular formula is C8H19NO3S. The van der Waals surface area contributed by atoms with Crippen LogP contribution in [0.5, 0.6) is 0 Å². The van der Waals surface area contributed by atoms with Gasteiger partial charge in [0.15, 0.2) is 0 Å². The minimum Gasteiger partial charge on any atom is -0.395 e. The largest absolute Gasteiger partial charge is 0.395 e. The lowest BCUT2D eigenvalue weighted by atomic mass is 10.4. The molecule has 0 amide bonds. The van der Waals surface area contributed by atoms with Crippen molar-refractivity contribution in [2.75, 3.05) is 13.2 Å². The highest BCUT2D eigenvalue weighted by atomic mass is 32.2. The smallest absolute Gasteiger partial charge is 0.219 e. The van der Waals surface area contributed by atoms with Gasteiger partial charge in [-0.25, -0.2) is 8.42 Å². The molecule has 0 aromatic carbocycles. The molecule has 1 unspecified atom stereocenters. The van der Waals surface area contributed by atoms with Crippen molar-refractivity contribution in [3.8, 4) is 0 Å². The number of sulfonamides is 1. The van der Waals surface area contributed by atoms with Gasteiger partial charge in [0.05, 0.1) is 11.9 Å². The molecule has 0 rings (SSSR count). The third kappa shape index (κ3) is 2.93. The maximum atomic E-state index is 11.7. The van der Waals surface area contributed by atoms with E-state index in [0.29, 0.717) is 6.54 Å². The molecular weight excluding hydrogens is 190 g/mol. The van der Waals surface area contributed by atoms with E-state index in [-0.39, 0.29) is 12.6 Å². The van der Waals surface area contributed by atoms with Gasteiger partial charge in [0.2, 0.25) is 10.0 Å². The molecule has 1 N–H and O–H groups in total. The van der Waals surface area contributed by atoms with Crippen molar-refractivity contribution in [1.82, 2.24) is 4.31 Å². The molecule has 0 aromatic rings. The fourth-order valence-electron chi connectivity index (χ4n) is 1.16. The van der Waals surface area contributed by atoms with Gasteiger partial charge in [-0.15, -0.1) is 0 Å². The Kier molecular flexibility index (Phi) is 4.88. The molecule has 0 aliphatic heterocycles. The number of hydrogen-bond donors (Lipinski definition) is 1. The molecule has 0 heterocycles. The van der Waals surface area contributed by atoms with Crippen LogP contribution in [0.15, 0.2) is 0 Å². The number of nitrogens with zero attached hydrogens (tertiary/aromatic N) is 1. The van der Waals surface area contributed by atoms with Gasteiger partial charge >= 0.3 is 0 Å². The standard InChI is InChI=1S/C8H19NO3S/c1-5-9(7(2)3)13(11,12)8(4)6-10/h7-8,10H,5-6H2,1-4H3. The Morgan fingerprint density at radius 1 is 1.31 bits per heavy atom. The highest BCUT2D eigenvalue weighted by molar-refractivity contribution is 7.89. The molecule has 0 radical (unpaired) electrons. The van der Waals surface area contributed by atoms with E-state index in [1.165, 1.54) is 11.2 Å². The second-order valence-electron chi connectivity index (χ2n) is 3.34. The second-order valence-corrected chi connectivity index (χ2v) is 5.64. The van der Waals surface area contributed by atoms with Crippen molar-refractivity contribution in [3.05, 3.63) is 0 Å². The van der Waals surface area contributed by atoms with Crippen LogP contribution in [0, 0.1) is 0 Å². The van der Waals surface area contributed by atoms with Crippen LogP contribution < -0.4 is 0 Å². The predicted octanol–water partition coefficient (Wildman–Crippen LogP) is 0.427. The number of hydrogen-bond acceptors (Lipinski definition) is 3. The van der Waals surface area contributed by atoms with Crippen molar-refractivity contribution >= 4 is 10.0 Å². The number of rotatable bonds is 5. The van der Waals surface area contributed by atoms with Crippen LogP contribution in [0.2, 0.25) is 0 Å². The summed E-state index contributed by atoms with van der Waals surface area (Å²) in [5, 5.41) is 8.08. The van der Waals surface area contributed by atoms with Crippen molar-refractivity contribution in [3.63, 3.8) is 0 Å². The van der Waals surface area contributed by atoms with Crippen molar-refractivity contribution in [2.45, 2.75) is 39.0 Å². The van der Waals surface area contributed by atoms with Crippen molar-refractivity contribution in [2.24, 2.45) is 0 Å². The van der Waals surface area contributed by atoms with Crippen LogP contribution in [0.1, 0.15) is 27.7 Å². The zero-order valence-corrected chi connectivity index (χ0v) is 9.50. The van der Waals surface area contributed by atoms with Crippen LogP contribution >= 0.6 is 0 Å². The monoisotopic (exact) mass is 209 g/mol. The highest BCUT2D eigenvalue weighted by Crippen LogP contribution is 2.11. The van der Waals surface area contributed by atoms with Crippen LogP contribution in [0.25, 0.3) is 0 Å². The van der Waals surface area contributed by atoms with Gasteiger partial charge in [0.25, 0.3) is 0 Å². The predicted molar refractivity (Wildman–Crippen MR) is 53.0 cm³/mol. The van der Waals surface area contributed by atoms with Gasteiger partial charge < -0.3 is 5.11 Å². The van der Waals surface area contributed by atoms with Crippen LogP contribution in [0.4, 0.5) is 0 Å². The molecule has 0 bridgehead atoms. The Balaban J connectivity index is 4.79. The zero-order valence-electron chi connectivity index (χ0n) is 8.69. The molecule has 0 aliphatic rings. The summed E-state index contributed by atoms with van der Waals surface area (Å²) >= 11 is 0. The lowest BCUT2D eigenvalue weighted by Gasteiger charge is -2.26. The Morgan fingerprint density at radius 2 is 1.77 bits per heavy atom. The molecule has 5 heteroatoms. The van der Waals surface area contributed by atoms with Gasteiger partial charge in [-0.3, -0.25) is 0 Å². The molecule has 0 aliphatic carbocycles. The van der Waals surface area contributed by atoms with Gasteiger partial charge in [-0.1, -0.05) is 6.92 Å². The van der Waals surface area contributed by atoms with Crippen molar-refractivity contribution in [1.29, 1.82) is 0 Å². The molecule has 80 valence electrons. The first kappa shape index (κ1) is 12.9. The van der Waals surface area contributed by atoms with E-state index in [1.54, 1.807) is 6.92 Å². The molecule has 4 nitrogen and oxygen atoms in total. The summed E-state index contributed by atoms with van der Waals surface area (Å²) in [5.41, 5.74) is 0. The van der Waals surface area contributed by atoms with Gasteiger partial charge in [0, 0.05) is 12.6 Å². The Labute approximate surface area is 80.6 Å². The van der Waals surface area contributed by atoms with Gasteiger partial charge in [-0.2, -0.15) is 4.31 Å². The Hall–Kier alpha value is -0.130. The summed E-state index contributed by atoms with van der Waals surface area (Å²) in [5.74, 6) is 0. The Morgan fingerprint density at radius 3 is 2.00 bits per heavy atom. The third-order valence-electron chi connectivity index (χ3n) is 1.98. The zero-order chi connectivity index (χ0) is 10.6. The minimum absolute atomic E-state index is 0.0519. The van der Waals surface area contributed by atoms with Gasteiger partial charge in [-0.05, 0) is 20.8 Å². The topological polar surface area (TPSA) is 57.6 Å². The van der Waals surface area contributed by atoms with E-state index in [2.05, 4.69) is 0 Å². The second kappa shape index (κ2) is 4.93. The average molecular weight is 209 g/mol. The molecule has 0 aromatic heterocycles. The van der Waals surface area contributed by atoms with Crippen LogP contribution in [0.3, 0.4) is 0 Å². The molecule has 0 saturated heterocycles. The van der Waals surface area contributed by atoms with E-state index in [0.717, 1.165) is 0 Å². The summed E-state index contributed by atoms with van der Waals surface area (Å²) in [6.45, 7) is 7.08. The number of aliphatic hydroxyl groups excluding tert-OH is 1. The molecule has 0 spiro atoms. The lowest BCUT2D eigenvalue weighted by molar-refractivity contribution is 0.285. The summed E-state index contributed by atoms with van der Waals surface area (Å²) in [7, 11) is -3.32. The number of aliphatic hydroxyl groups is 1. The fraction of sp³-hybridized carbons (Fsp3) is 1.00. The quantitative estimate of drug-likeness (QED) is 0.714. The maximum Gasteiger partial charge on any atom is 0.219 e. The molecule has 13 heavy (non-hydrogen) atoms. The first-order valence-electron chi connectivity index (χ1n) is 4.49. The first-order valence-corrected chi connectivity index (χ1v) is 5.99. The summed E-state index contributed by atoms with van der Waals surface area (Å²) in [4.78, 5) is 0.